The van der Waals surface area contributed by atoms with Crippen molar-refractivity contribution in [3.8, 4) is 11.5 Å². The van der Waals surface area contributed by atoms with E-state index in [4.69, 9.17) is 18.9 Å². The van der Waals surface area contributed by atoms with Gasteiger partial charge in [-0.05, 0) is 70.9 Å². The predicted molar refractivity (Wildman–Crippen MR) is 207 cm³/mol. The zero-order valence-corrected chi connectivity index (χ0v) is 34.9. The summed E-state index contributed by atoms with van der Waals surface area (Å²) >= 11 is 0. The van der Waals surface area contributed by atoms with Crippen LogP contribution in [0.3, 0.4) is 0 Å². The van der Waals surface area contributed by atoms with Gasteiger partial charge in [0.1, 0.15) is 24.7 Å². The van der Waals surface area contributed by atoms with Crippen LogP contribution in [-0.4, -0.2) is 71.4 Å². The van der Waals surface area contributed by atoms with Crippen molar-refractivity contribution in [1.29, 1.82) is 0 Å². The number of benzene rings is 2. The first kappa shape index (κ1) is 46.0. The first-order chi connectivity index (χ1) is 24.1. The van der Waals surface area contributed by atoms with Crippen LogP contribution < -0.4 is 0 Å². The lowest BCUT2D eigenvalue weighted by Gasteiger charge is -2.41. The zero-order chi connectivity index (χ0) is 40.7. The molecule has 1 fully saturated rings. The molecule has 0 unspecified atom stereocenters. The molecule has 0 bridgehead atoms. The van der Waals surface area contributed by atoms with E-state index in [-0.39, 0.29) is 54.1 Å². The van der Waals surface area contributed by atoms with Crippen LogP contribution >= 0.6 is 0 Å². The van der Waals surface area contributed by atoms with E-state index in [1.807, 2.05) is 72.7 Å². The number of hydrogen-bond acceptors (Lipinski definition) is 10. The molecule has 4 N–H and O–H groups in total. The Balaban J connectivity index is 0.000000374. The van der Waals surface area contributed by atoms with E-state index in [1.54, 1.807) is 13.8 Å². The molecule has 0 radical (unpaired) electrons. The van der Waals surface area contributed by atoms with Crippen molar-refractivity contribution in [2.75, 3.05) is 26.4 Å². The summed E-state index contributed by atoms with van der Waals surface area (Å²) in [5, 5.41) is 39.0. The third kappa shape index (κ3) is 14.2. The molecule has 300 valence electrons. The number of hydrogen-bond donors (Lipinski definition) is 4. The highest BCUT2D eigenvalue weighted by Crippen LogP contribution is 2.36. The van der Waals surface area contributed by atoms with Gasteiger partial charge in [-0.2, -0.15) is 0 Å². The number of carbonyl (C=O) groups excluding carboxylic acids is 2. The number of esters is 2. The van der Waals surface area contributed by atoms with Gasteiger partial charge in [-0.25, -0.2) is 0 Å². The topological polar surface area (TPSA) is 152 Å². The lowest BCUT2D eigenvalue weighted by Crippen LogP contribution is -2.46. The summed E-state index contributed by atoms with van der Waals surface area (Å²) in [5.74, 6) is 0.0118. The molecule has 3 rings (SSSR count). The Labute approximate surface area is 318 Å². The van der Waals surface area contributed by atoms with E-state index in [9.17, 15) is 30.0 Å². The van der Waals surface area contributed by atoms with Crippen molar-refractivity contribution in [2.24, 2.45) is 16.2 Å². The molecule has 0 amide bonds. The Hall–Kier alpha value is -3.18. The maximum absolute atomic E-state index is 12.3. The third-order valence-corrected chi connectivity index (χ3v) is 9.37. The van der Waals surface area contributed by atoms with Gasteiger partial charge in [-0.1, -0.05) is 107 Å². The van der Waals surface area contributed by atoms with Gasteiger partial charge < -0.3 is 39.4 Å². The molecule has 10 heteroatoms. The van der Waals surface area contributed by atoms with Gasteiger partial charge in [0, 0.05) is 29.1 Å². The van der Waals surface area contributed by atoms with Crippen LogP contribution in [0.5, 0.6) is 11.5 Å². The lowest BCUT2D eigenvalue weighted by molar-refractivity contribution is -0.269. The van der Waals surface area contributed by atoms with Gasteiger partial charge in [0.05, 0.1) is 13.2 Å². The van der Waals surface area contributed by atoms with Crippen LogP contribution in [0.25, 0.3) is 0 Å². The van der Waals surface area contributed by atoms with Crippen LogP contribution in [-0.2, 0) is 52.2 Å². The molecule has 1 aliphatic heterocycles. The molecule has 53 heavy (non-hydrogen) atoms. The van der Waals surface area contributed by atoms with E-state index in [0.717, 1.165) is 33.4 Å². The van der Waals surface area contributed by atoms with Gasteiger partial charge >= 0.3 is 11.9 Å². The van der Waals surface area contributed by atoms with E-state index in [2.05, 4.69) is 34.6 Å². The molecule has 10 nitrogen and oxygen atoms in total. The molecule has 1 heterocycles. The summed E-state index contributed by atoms with van der Waals surface area (Å²) in [6.45, 7) is 28.9. The highest BCUT2D eigenvalue weighted by molar-refractivity contribution is 5.70. The Morgan fingerprint density at radius 3 is 1.45 bits per heavy atom. The number of phenolic OH excluding ortho intramolecular Hbond substituents is 2. The second kappa shape index (κ2) is 18.0. The van der Waals surface area contributed by atoms with Crippen molar-refractivity contribution < 1.29 is 49.0 Å². The first-order valence-corrected chi connectivity index (χ1v) is 18.6. The fourth-order valence-corrected chi connectivity index (χ4v) is 5.60. The van der Waals surface area contributed by atoms with Crippen molar-refractivity contribution in [3.05, 3.63) is 57.6 Å². The summed E-state index contributed by atoms with van der Waals surface area (Å²) in [6.07, 6.45) is -0.342. The Bertz CT molecular complexity index is 1530. The number of rotatable bonds is 12. The number of aryl methyl sites for hydroxylation is 4. The highest BCUT2D eigenvalue weighted by atomic mass is 16.7. The molecule has 2 aromatic carbocycles. The summed E-state index contributed by atoms with van der Waals surface area (Å²) in [5.41, 5.74) is 3.72. The minimum atomic E-state index is -1.54. The molecule has 0 saturated carbocycles. The SMILES string of the molecule is Cc1cc(CCC(=O)OCC(C)(C)C(O)O)cc(C(C)(C)C)c1O.Cc1cc(CCC(=O)OCC(C)(C)C2OCC(C)(C)CO2)cc(C(C)(C)C)c1O. The summed E-state index contributed by atoms with van der Waals surface area (Å²) in [6, 6.07) is 7.73. The van der Waals surface area contributed by atoms with E-state index in [1.165, 1.54) is 0 Å². The van der Waals surface area contributed by atoms with E-state index >= 15 is 0 Å². The largest absolute Gasteiger partial charge is 0.507 e. The number of aliphatic hydroxyl groups is 2. The molecule has 2 aromatic rings. The molecule has 0 atom stereocenters. The molecule has 1 saturated heterocycles. The molecule has 0 spiro atoms. The standard InChI is InChI=1S/C24H38O5.C19H30O5/c1-16-11-17(12-18(20(16)26)22(2,3)4)9-10-19(25)27-15-24(7,8)21-28-13-23(5,6)14-29-21;1-12-9-13(10-14(16(12)21)18(2,3)4)7-8-15(20)24-11-19(5,6)17(22)23/h11-12,21,26H,9-10,13-15H2,1-8H3;9-10,17,21-23H,7-8,11H2,1-6H3. The van der Waals surface area contributed by atoms with E-state index < -0.39 is 17.1 Å². The average molecular weight is 745 g/mol. The highest BCUT2D eigenvalue weighted by Gasteiger charge is 2.39. The maximum atomic E-state index is 12.3. The Morgan fingerprint density at radius 1 is 0.717 bits per heavy atom. The lowest BCUT2D eigenvalue weighted by atomic mass is 9.83. The van der Waals surface area contributed by atoms with Crippen molar-refractivity contribution >= 4 is 11.9 Å². The Kier molecular flexibility index (Phi) is 15.6. The molecule has 1 aliphatic rings. The minimum absolute atomic E-state index is 0.0113. The second-order valence-electron chi connectivity index (χ2n) is 18.9. The van der Waals surface area contributed by atoms with Crippen LogP contribution in [0.15, 0.2) is 24.3 Å². The van der Waals surface area contributed by atoms with Crippen LogP contribution in [0.1, 0.15) is 129 Å². The van der Waals surface area contributed by atoms with Gasteiger partial charge in [-0.15, -0.1) is 0 Å². The normalized spacial score (nSPS) is 15.5. The van der Waals surface area contributed by atoms with Gasteiger partial charge in [0.25, 0.3) is 0 Å². The van der Waals surface area contributed by atoms with Crippen molar-refractivity contribution in [3.63, 3.8) is 0 Å². The fraction of sp³-hybridized carbons (Fsp3) is 0.674. The number of aromatic hydroxyl groups is 2. The van der Waals surface area contributed by atoms with Gasteiger partial charge in [0.15, 0.2) is 12.6 Å². The number of phenols is 2. The van der Waals surface area contributed by atoms with E-state index in [0.29, 0.717) is 44.0 Å². The summed E-state index contributed by atoms with van der Waals surface area (Å²) < 4.78 is 22.4. The predicted octanol–water partition coefficient (Wildman–Crippen LogP) is 7.71. The number of aliphatic hydroxyl groups excluding tert-OH is 1. The number of carbonyl (C=O) groups is 2. The number of ether oxygens (including phenoxy) is 4. The van der Waals surface area contributed by atoms with Crippen molar-refractivity contribution in [2.45, 2.75) is 146 Å². The fourth-order valence-electron chi connectivity index (χ4n) is 5.60. The monoisotopic (exact) mass is 744 g/mol. The quantitative estimate of drug-likeness (QED) is 0.126. The summed E-state index contributed by atoms with van der Waals surface area (Å²) in [4.78, 5) is 24.2. The minimum Gasteiger partial charge on any atom is -0.507 e. The van der Waals surface area contributed by atoms with Gasteiger partial charge in [-0.3, -0.25) is 9.59 Å². The van der Waals surface area contributed by atoms with Crippen LogP contribution in [0, 0.1) is 30.1 Å². The molecular weight excluding hydrogens is 676 g/mol. The molecule has 0 aromatic heterocycles. The summed E-state index contributed by atoms with van der Waals surface area (Å²) in [7, 11) is 0. The third-order valence-electron chi connectivity index (χ3n) is 9.37. The van der Waals surface area contributed by atoms with Crippen LogP contribution in [0.2, 0.25) is 0 Å². The zero-order valence-electron chi connectivity index (χ0n) is 34.9. The Morgan fingerprint density at radius 2 is 1.09 bits per heavy atom. The average Bonchev–Trinajstić information content (AvgIpc) is 3.02. The van der Waals surface area contributed by atoms with Gasteiger partial charge in [0.2, 0.25) is 0 Å². The molecular formula is C43H68O10. The van der Waals surface area contributed by atoms with Crippen molar-refractivity contribution in [1.82, 2.24) is 0 Å². The smallest absolute Gasteiger partial charge is 0.306 e. The maximum Gasteiger partial charge on any atom is 0.306 e. The molecule has 0 aliphatic carbocycles. The van der Waals surface area contributed by atoms with Crippen LogP contribution in [0.4, 0.5) is 0 Å². The second-order valence-corrected chi connectivity index (χ2v) is 18.9. The first-order valence-electron chi connectivity index (χ1n) is 18.6.